The van der Waals surface area contributed by atoms with Crippen LogP contribution in [0.5, 0.6) is 0 Å². The molecule has 10 rings (SSSR count). The van der Waals surface area contributed by atoms with Gasteiger partial charge in [0.15, 0.2) is 0 Å². The second kappa shape index (κ2) is 14.5. The molecule has 3 fully saturated rings. The molecular weight excluding hydrogens is 755 g/mol. The van der Waals surface area contributed by atoms with Gasteiger partial charge in [-0.2, -0.15) is 0 Å². The molecule has 8 heterocycles. The maximum atomic E-state index is 13.2. The van der Waals surface area contributed by atoms with E-state index in [0.717, 1.165) is 114 Å². The van der Waals surface area contributed by atoms with Crippen LogP contribution in [0, 0.1) is 5.92 Å². The number of imidazole rings is 1. The summed E-state index contributed by atoms with van der Waals surface area (Å²) in [6.07, 6.45) is 6.46. The number of hydrogen-bond acceptors (Lipinski definition) is 12. The number of imide groups is 1. The van der Waals surface area contributed by atoms with Gasteiger partial charge in [-0.15, -0.1) is 11.3 Å². The largest absolute Gasteiger partial charge is 0.381 e. The number of piperidine rings is 2. The van der Waals surface area contributed by atoms with Gasteiger partial charge in [0.25, 0.3) is 5.91 Å². The second-order valence-electron chi connectivity index (χ2n) is 16.1. The highest BCUT2D eigenvalue weighted by molar-refractivity contribution is 7.21. The van der Waals surface area contributed by atoms with Crippen molar-refractivity contribution in [3.63, 3.8) is 0 Å². The van der Waals surface area contributed by atoms with Crippen molar-refractivity contribution in [2.45, 2.75) is 44.7 Å². The molecule has 4 aromatic heterocycles. The molecule has 16 heteroatoms. The third kappa shape index (κ3) is 6.43. The van der Waals surface area contributed by atoms with E-state index in [1.165, 1.54) is 15.9 Å². The zero-order valence-corrected chi connectivity index (χ0v) is 33.3. The van der Waals surface area contributed by atoms with Crippen molar-refractivity contribution in [3.8, 4) is 11.3 Å². The van der Waals surface area contributed by atoms with Gasteiger partial charge in [-0.05, 0) is 74.6 Å². The van der Waals surface area contributed by atoms with Crippen LogP contribution < -0.4 is 31.4 Å². The zero-order valence-electron chi connectivity index (χ0n) is 32.5. The highest BCUT2D eigenvalue weighted by atomic mass is 32.1. The van der Waals surface area contributed by atoms with Crippen LogP contribution in [0.4, 0.5) is 17.3 Å². The Kier molecular flexibility index (Phi) is 9.12. The van der Waals surface area contributed by atoms with Gasteiger partial charge in [-0.25, -0.2) is 19.7 Å². The van der Waals surface area contributed by atoms with Gasteiger partial charge in [0, 0.05) is 111 Å². The fourth-order valence-electron chi connectivity index (χ4n) is 9.15. The first-order valence-corrected chi connectivity index (χ1v) is 21.0. The lowest BCUT2D eigenvalue weighted by atomic mass is 9.96. The number of carbonyl (C=O) groups excluding carboxylic acids is 3. The lowest BCUT2D eigenvalue weighted by Gasteiger charge is -2.39. The average molecular weight is 800 g/mol. The summed E-state index contributed by atoms with van der Waals surface area (Å²) in [5, 5.41) is 11.0. The molecule has 58 heavy (non-hydrogen) atoms. The highest BCUT2D eigenvalue weighted by Crippen LogP contribution is 2.41. The molecule has 2 aromatic carbocycles. The van der Waals surface area contributed by atoms with Crippen molar-refractivity contribution in [1.29, 1.82) is 0 Å². The molecule has 0 bridgehead atoms. The van der Waals surface area contributed by atoms with Crippen LogP contribution >= 0.6 is 11.3 Å². The molecule has 15 nitrogen and oxygen atoms in total. The predicted octanol–water partition coefficient (Wildman–Crippen LogP) is 4.12. The maximum Gasteiger partial charge on any atom is 0.329 e. The van der Waals surface area contributed by atoms with Crippen molar-refractivity contribution < 1.29 is 14.4 Å². The third-order valence-electron chi connectivity index (χ3n) is 12.4. The molecule has 2 atom stereocenters. The number of piperazine rings is 1. The van der Waals surface area contributed by atoms with E-state index in [9.17, 15) is 19.2 Å². The molecule has 3 amide bonds. The Bertz CT molecular complexity index is 2670. The van der Waals surface area contributed by atoms with Crippen molar-refractivity contribution >= 4 is 78.4 Å². The Labute approximate surface area is 338 Å². The molecule has 0 spiro atoms. The van der Waals surface area contributed by atoms with Crippen LogP contribution in [-0.4, -0.2) is 105 Å². The van der Waals surface area contributed by atoms with Crippen molar-refractivity contribution in [2.24, 2.45) is 13.0 Å². The topological polar surface area (TPSA) is 163 Å². The first kappa shape index (κ1) is 36.5. The summed E-state index contributed by atoms with van der Waals surface area (Å²) in [5.74, 6) is 0.612. The minimum Gasteiger partial charge on any atom is -0.381 e. The molecule has 4 aliphatic heterocycles. The Morgan fingerprint density at radius 3 is 2.43 bits per heavy atom. The van der Waals surface area contributed by atoms with E-state index in [2.05, 4.69) is 42.8 Å². The monoisotopic (exact) mass is 799 g/mol. The number of amides is 3. The number of thiophene rings is 1. The molecule has 0 radical (unpaired) electrons. The Hall–Kier alpha value is -5.87. The molecule has 1 unspecified atom stereocenters. The quantitative estimate of drug-likeness (QED) is 0.208. The van der Waals surface area contributed by atoms with Gasteiger partial charge >= 0.3 is 5.69 Å². The van der Waals surface area contributed by atoms with E-state index in [-0.39, 0.29) is 30.0 Å². The minimum absolute atomic E-state index is 0.0332. The highest BCUT2D eigenvalue weighted by Gasteiger charge is 2.32. The van der Waals surface area contributed by atoms with Gasteiger partial charge < -0.3 is 20.4 Å². The smallest absolute Gasteiger partial charge is 0.329 e. The molecule has 4 aliphatic rings. The molecule has 6 aromatic rings. The van der Waals surface area contributed by atoms with Crippen molar-refractivity contribution in [2.75, 3.05) is 67.5 Å². The van der Waals surface area contributed by atoms with Crippen molar-refractivity contribution in [3.05, 3.63) is 70.2 Å². The van der Waals surface area contributed by atoms with Gasteiger partial charge in [0.1, 0.15) is 10.9 Å². The van der Waals surface area contributed by atoms with E-state index in [4.69, 9.17) is 15.0 Å². The minimum atomic E-state index is -0.687. The standard InChI is InChI=1S/C42H45N11O4S/c1-24-20-43-37-36-28-4-5-29(47-30(28)6-9-34(36)58-38(37)40(56)46-24)26-21-44-41(45-22-26)52-13-11-25(12-14-52)23-50-15-17-51(18-16-50)27-3-7-31-33(19-27)49(2)42(57)53(31)32-8-10-35(54)48-39(32)55/h3-7,9,19,21-22,24-25,32,43H,8,10-18,20,23H2,1-2H3,(H,46,56)(H,48,54,55)/t24-,32?/m1/s1. The van der Waals surface area contributed by atoms with Crippen LogP contribution in [0.15, 0.2) is 59.7 Å². The first-order valence-electron chi connectivity index (χ1n) is 20.2. The van der Waals surface area contributed by atoms with Crippen LogP contribution in [0.2, 0.25) is 0 Å². The number of hydrogen-bond donors (Lipinski definition) is 3. The normalized spacial score (nSPS) is 21.0. The number of aromatic nitrogens is 5. The number of fused-ring (bicyclic) bond motifs is 6. The molecule has 3 N–H and O–H groups in total. The van der Waals surface area contributed by atoms with Crippen molar-refractivity contribution in [1.82, 2.24) is 39.6 Å². The van der Waals surface area contributed by atoms with E-state index < -0.39 is 11.9 Å². The maximum absolute atomic E-state index is 13.2. The number of carbonyl (C=O) groups is 3. The average Bonchev–Trinajstić information content (AvgIpc) is 3.69. The summed E-state index contributed by atoms with van der Waals surface area (Å²) in [4.78, 5) is 72.9. The predicted molar refractivity (Wildman–Crippen MR) is 226 cm³/mol. The molecular formula is C42H45N11O4S. The van der Waals surface area contributed by atoms with Crippen LogP contribution in [0.1, 0.15) is 48.3 Å². The SMILES string of the molecule is C[C@@H]1CNc2c(sc3ccc4nc(-c5cnc(N6CCC(CN7CCN(c8ccc9c(c8)n(C)c(=O)n9C8CCC(=O)NC8=O)CC7)CC6)nc5)ccc4c23)C(=O)N1. The fourth-order valence-corrected chi connectivity index (χ4v) is 10.2. The summed E-state index contributed by atoms with van der Waals surface area (Å²) < 4.78 is 4.19. The lowest BCUT2D eigenvalue weighted by molar-refractivity contribution is -0.135. The van der Waals surface area contributed by atoms with Crippen LogP contribution in [0.25, 0.3) is 43.3 Å². The Balaban J connectivity index is 0.743. The number of benzene rings is 2. The number of nitrogens with one attached hydrogen (secondary N) is 3. The van der Waals surface area contributed by atoms with E-state index in [0.29, 0.717) is 29.3 Å². The third-order valence-corrected chi connectivity index (χ3v) is 13.5. The number of nitrogens with zero attached hydrogens (tertiary/aromatic N) is 8. The summed E-state index contributed by atoms with van der Waals surface area (Å²) in [6.45, 7) is 9.31. The fraction of sp³-hybridized carbons (Fsp3) is 0.405. The summed E-state index contributed by atoms with van der Waals surface area (Å²) in [5.41, 5.74) is 5.74. The molecule has 0 aliphatic carbocycles. The van der Waals surface area contributed by atoms with E-state index >= 15 is 0 Å². The van der Waals surface area contributed by atoms with Crippen LogP contribution in [-0.2, 0) is 16.6 Å². The van der Waals surface area contributed by atoms with Crippen LogP contribution in [0.3, 0.4) is 0 Å². The van der Waals surface area contributed by atoms with Gasteiger partial charge in [0.05, 0.1) is 27.9 Å². The lowest BCUT2D eigenvalue weighted by Crippen LogP contribution is -2.49. The second-order valence-corrected chi connectivity index (χ2v) is 17.2. The van der Waals surface area contributed by atoms with Gasteiger partial charge in [-0.1, -0.05) is 0 Å². The Morgan fingerprint density at radius 2 is 1.66 bits per heavy atom. The molecule has 0 saturated carbocycles. The Morgan fingerprint density at radius 1 is 0.862 bits per heavy atom. The number of aryl methyl sites for hydroxylation is 1. The molecule has 298 valence electrons. The zero-order chi connectivity index (χ0) is 39.7. The summed E-state index contributed by atoms with van der Waals surface area (Å²) in [7, 11) is 1.74. The number of anilines is 3. The van der Waals surface area contributed by atoms with Gasteiger partial charge in [-0.3, -0.25) is 33.7 Å². The van der Waals surface area contributed by atoms with E-state index in [1.54, 1.807) is 11.6 Å². The first-order chi connectivity index (χ1) is 28.2. The number of pyridine rings is 1. The molecule has 3 saturated heterocycles. The summed E-state index contributed by atoms with van der Waals surface area (Å²) in [6, 6.07) is 13.6. The number of rotatable bonds is 6. The van der Waals surface area contributed by atoms with Gasteiger partial charge in [0.2, 0.25) is 17.8 Å². The summed E-state index contributed by atoms with van der Waals surface area (Å²) >= 11 is 1.51. The van der Waals surface area contributed by atoms with E-state index in [1.807, 2.05) is 49.6 Å².